The third kappa shape index (κ3) is 4.74. The summed E-state index contributed by atoms with van der Waals surface area (Å²) in [6.07, 6.45) is 0.925. The minimum Gasteiger partial charge on any atom is -0.493 e. The Labute approximate surface area is 220 Å². The largest absolute Gasteiger partial charge is 0.493 e. The van der Waals surface area contributed by atoms with Gasteiger partial charge in [0.2, 0.25) is 0 Å². The van der Waals surface area contributed by atoms with Crippen molar-refractivity contribution in [3.8, 4) is 23.3 Å². The molecule has 6 rings (SSSR count). The zero-order valence-corrected chi connectivity index (χ0v) is 21.1. The number of benzene rings is 3. The number of methoxy groups -OCH3 is 1. The average Bonchev–Trinajstić information content (AvgIpc) is 3.44. The molecule has 0 atom stereocenters. The van der Waals surface area contributed by atoms with Crippen LogP contribution in [0.15, 0.2) is 54.6 Å². The Hall–Kier alpha value is -4.55. The highest BCUT2D eigenvalue weighted by Gasteiger charge is 2.20. The van der Waals surface area contributed by atoms with E-state index in [1.54, 1.807) is 13.2 Å². The first-order valence-corrected chi connectivity index (χ1v) is 12.6. The molecule has 192 valence electrons. The number of nitrogens with one attached hydrogen (secondary N) is 1. The molecule has 0 aliphatic carbocycles. The molecule has 9 heteroatoms. The van der Waals surface area contributed by atoms with Crippen LogP contribution < -0.4 is 24.4 Å². The van der Waals surface area contributed by atoms with Crippen LogP contribution in [0.25, 0.3) is 11.0 Å². The summed E-state index contributed by atoms with van der Waals surface area (Å²) in [6.45, 7) is 3.75. The quantitative estimate of drug-likeness (QED) is 0.383. The van der Waals surface area contributed by atoms with E-state index in [2.05, 4.69) is 22.4 Å². The molecular formula is C29H27N5O4. The number of nitriles is 1. The molecular weight excluding hydrogens is 482 g/mol. The third-order valence-electron chi connectivity index (χ3n) is 6.68. The summed E-state index contributed by atoms with van der Waals surface area (Å²) in [4.78, 5) is 11.8. The highest BCUT2D eigenvalue weighted by molar-refractivity contribution is 5.86. The van der Waals surface area contributed by atoms with E-state index in [9.17, 15) is 5.26 Å². The van der Waals surface area contributed by atoms with Gasteiger partial charge in [-0.05, 0) is 47.5 Å². The maximum Gasteiger partial charge on any atom is 0.174 e. The monoisotopic (exact) mass is 509 g/mol. The first kappa shape index (κ1) is 23.8. The fraction of sp³-hybridized carbons (Fsp3) is 0.276. The van der Waals surface area contributed by atoms with Gasteiger partial charge in [-0.15, -0.1) is 0 Å². The van der Waals surface area contributed by atoms with Gasteiger partial charge in [0.1, 0.15) is 23.9 Å². The number of ether oxygens (including phenoxy) is 4. The van der Waals surface area contributed by atoms with E-state index in [0.717, 1.165) is 30.0 Å². The number of rotatable bonds is 7. The molecule has 2 aliphatic heterocycles. The van der Waals surface area contributed by atoms with Gasteiger partial charge >= 0.3 is 0 Å². The summed E-state index contributed by atoms with van der Waals surface area (Å²) in [5.74, 6) is 3.49. The molecule has 1 saturated heterocycles. The molecule has 0 bridgehead atoms. The summed E-state index contributed by atoms with van der Waals surface area (Å²) in [7, 11) is 1.62. The van der Waals surface area contributed by atoms with Crippen LogP contribution in [-0.2, 0) is 17.8 Å². The fourth-order valence-electron chi connectivity index (χ4n) is 4.73. The van der Waals surface area contributed by atoms with E-state index in [0.29, 0.717) is 72.6 Å². The van der Waals surface area contributed by atoms with E-state index in [-0.39, 0.29) is 0 Å². The minimum atomic E-state index is 0.426. The van der Waals surface area contributed by atoms with Gasteiger partial charge in [-0.1, -0.05) is 12.1 Å². The third-order valence-corrected chi connectivity index (χ3v) is 6.68. The summed E-state index contributed by atoms with van der Waals surface area (Å²) in [5, 5.41) is 13.0. The van der Waals surface area contributed by atoms with Crippen LogP contribution >= 0.6 is 0 Å². The van der Waals surface area contributed by atoms with Crippen molar-refractivity contribution >= 4 is 28.4 Å². The van der Waals surface area contributed by atoms with Crippen LogP contribution in [0.2, 0.25) is 0 Å². The Morgan fingerprint density at radius 2 is 1.92 bits per heavy atom. The molecule has 9 nitrogen and oxygen atoms in total. The maximum atomic E-state index is 9.58. The molecule has 1 aromatic heterocycles. The van der Waals surface area contributed by atoms with Crippen LogP contribution in [-0.4, -0.2) is 50.0 Å². The first-order valence-electron chi connectivity index (χ1n) is 12.6. The number of hydrogen-bond acceptors (Lipinski definition) is 9. The van der Waals surface area contributed by atoms with E-state index in [1.165, 1.54) is 5.56 Å². The fourth-order valence-corrected chi connectivity index (χ4v) is 4.73. The molecule has 1 N–H and O–H groups in total. The van der Waals surface area contributed by atoms with E-state index in [4.69, 9.17) is 28.9 Å². The number of hydrogen-bond donors (Lipinski definition) is 1. The Kier molecular flexibility index (Phi) is 6.54. The van der Waals surface area contributed by atoms with Crippen LogP contribution in [0, 0.1) is 11.3 Å². The molecule has 3 aromatic carbocycles. The first-order chi connectivity index (χ1) is 18.7. The lowest BCUT2D eigenvalue weighted by Gasteiger charge is -2.29. The Morgan fingerprint density at radius 3 is 2.76 bits per heavy atom. The van der Waals surface area contributed by atoms with Crippen LogP contribution in [0.4, 0.5) is 17.3 Å². The van der Waals surface area contributed by atoms with E-state index < -0.39 is 0 Å². The lowest BCUT2D eigenvalue weighted by molar-refractivity contribution is 0.122. The van der Waals surface area contributed by atoms with Gasteiger partial charge in [0, 0.05) is 31.3 Å². The molecule has 3 heterocycles. The predicted octanol–water partition coefficient (Wildman–Crippen LogP) is 4.60. The highest BCUT2D eigenvalue weighted by Crippen LogP contribution is 2.35. The number of nitrogens with zero attached hydrogens (tertiary/aromatic N) is 4. The van der Waals surface area contributed by atoms with Gasteiger partial charge in [0.15, 0.2) is 23.1 Å². The van der Waals surface area contributed by atoms with Crippen molar-refractivity contribution < 1.29 is 18.9 Å². The lowest BCUT2D eigenvalue weighted by Crippen LogP contribution is -2.37. The molecule has 4 aromatic rings. The number of anilines is 3. The number of aromatic nitrogens is 2. The molecule has 1 fully saturated rings. The average molecular weight is 510 g/mol. The normalized spacial score (nSPS) is 14.5. The smallest absolute Gasteiger partial charge is 0.174 e. The Bertz CT molecular complexity index is 1530. The molecule has 38 heavy (non-hydrogen) atoms. The second-order valence-electron chi connectivity index (χ2n) is 9.10. The zero-order chi connectivity index (χ0) is 25.9. The summed E-state index contributed by atoms with van der Waals surface area (Å²) < 4.78 is 22.9. The summed E-state index contributed by atoms with van der Waals surface area (Å²) >= 11 is 0. The highest BCUT2D eigenvalue weighted by atomic mass is 16.5. The minimum absolute atomic E-state index is 0.426. The van der Waals surface area contributed by atoms with Crippen molar-refractivity contribution in [3.05, 3.63) is 71.3 Å². The molecule has 0 amide bonds. The standard InChI is InChI=1S/C29H27N5O4/c1-35-26-16-22(6-8-25(26)38-18-19-5-7-24-20(15-19)9-12-37-24)31-28-29(34-10-13-36-14-11-34)33-27-21(17-30)3-2-4-23(27)32-28/h2-8,15-16H,9-14,18H2,1H3,(H,31,32). The second-order valence-corrected chi connectivity index (χ2v) is 9.10. The zero-order valence-electron chi connectivity index (χ0n) is 21.1. The summed E-state index contributed by atoms with van der Waals surface area (Å²) in [6, 6.07) is 19.5. The van der Waals surface area contributed by atoms with Crippen molar-refractivity contribution in [2.75, 3.05) is 50.2 Å². The van der Waals surface area contributed by atoms with Crippen molar-refractivity contribution in [1.82, 2.24) is 9.97 Å². The van der Waals surface area contributed by atoms with E-state index in [1.807, 2.05) is 42.5 Å². The molecule has 0 saturated carbocycles. The van der Waals surface area contributed by atoms with Crippen molar-refractivity contribution in [3.63, 3.8) is 0 Å². The molecule has 0 spiro atoms. The van der Waals surface area contributed by atoms with Crippen LogP contribution in [0.3, 0.4) is 0 Å². The predicted molar refractivity (Wildman–Crippen MR) is 144 cm³/mol. The molecule has 2 aliphatic rings. The SMILES string of the molecule is COc1cc(Nc2nc3cccc(C#N)c3nc2N2CCOCC2)ccc1OCc1ccc2c(c1)CCO2. The van der Waals surface area contributed by atoms with E-state index >= 15 is 0 Å². The lowest BCUT2D eigenvalue weighted by atomic mass is 10.1. The maximum absolute atomic E-state index is 9.58. The number of para-hydroxylation sites is 1. The Balaban J connectivity index is 1.27. The van der Waals surface area contributed by atoms with Gasteiger partial charge in [-0.2, -0.15) is 5.26 Å². The van der Waals surface area contributed by atoms with Gasteiger partial charge in [0.05, 0.1) is 38.0 Å². The van der Waals surface area contributed by atoms with Crippen molar-refractivity contribution in [2.24, 2.45) is 0 Å². The number of fused-ring (bicyclic) bond motifs is 2. The van der Waals surface area contributed by atoms with Gasteiger partial charge in [0.25, 0.3) is 0 Å². The van der Waals surface area contributed by atoms with Gasteiger partial charge in [-0.25, -0.2) is 9.97 Å². The van der Waals surface area contributed by atoms with Gasteiger partial charge in [-0.3, -0.25) is 0 Å². The topological polar surface area (TPSA) is 102 Å². The van der Waals surface area contributed by atoms with Crippen molar-refractivity contribution in [1.29, 1.82) is 5.26 Å². The van der Waals surface area contributed by atoms with Crippen molar-refractivity contribution in [2.45, 2.75) is 13.0 Å². The molecule has 0 unspecified atom stereocenters. The number of morpholine rings is 1. The second kappa shape index (κ2) is 10.4. The molecule has 0 radical (unpaired) electrons. The van der Waals surface area contributed by atoms with Gasteiger partial charge < -0.3 is 29.2 Å². The van der Waals surface area contributed by atoms with Crippen LogP contribution in [0.1, 0.15) is 16.7 Å². The van der Waals surface area contributed by atoms with Crippen LogP contribution in [0.5, 0.6) is 17.2 Å². The summed E-state index contributed by atoms with van der Waals surface area (Å²) in [5.41, 5.74) is 4.80. The Morgan fingerprint density at radius 1 is 1.03 bits per heavy atom.